The lowest BCUT2D eigenvalue weighted by molar-refractivity contribution is -0.120. The first-order chi connectivity index (χ1) is 19.7. The Morgan fingerprint density at radius 3 is 1.80 bits per heavy atom. The van der Waals surface area contributed by atoms with Gasteiger partial charge in [-0.2, -0.15) is 8.42 Å². The third-order valence-electron chi connectivity index (χ3n) is 5.49. The van der Waals surface area contributed by atoms with Crippen LogP contribution in [0.15, 0.2) is 60.7 Å². The molecule has 0 saturated heterocycles. The van der Waals surface area contributed by atoms with Crippen LogP contribution in [0, 0.1) is 23.7 Å². The Morgan fingerprint density at radius 2 is 1.34 bits per heavy atom. The number of hydrogen-bond donors (Lipinski definition) is 2. The molecule has 3 rings (SSSR count). The van der Waals surface area contributed by atoms with E-state index in [2.05, 4.69) is 23.7 Å². The number of ether oxygens (including phenoxy) is 3. The molecular weight excluding hydrogens is 548 g/mol. The SMILES string of the molecule is CCCCOc1cc(C#Cc2ccc(C(=O)O)cc2)c(OCCCS(=O)(=O)O)cc1C#Cc1ccc(OC=O)cc1. The first-order valence-electron chi connectivity index (χ1n) is 12.6. The van der Waals surface area contributed by atoms with Crippen molar-refractivity contribution in [2.24, 2.45) is 0 Å². The zero-order chi connectivity index (χ0) is 29.7. The van der Waals surface area contributed by atoms with Gasteiger partial charge in [-0.05, 0) is 61.4 Å². The van der Waals surface area contributed by atoms with Gasteiger partial charge in [-0.15, -0.1) is 0 Å². The van der Waals surface area contributed by atoms with Crippen molar-refractivity contribution < 1.29 is 41.9 Å². The highest BCUT2D eigenvalue weighted by Crippen LogP contribution is 2.29. The summed E-state index contributed by atoms with van der Waals surface area (Å²) in [4.78, 5) is 21.7. The van der Waals surface area contributed by atoms with E-state index >= 15 is 0 Å². The third kappa shape index (κ3) is 10.4. The van der Waals surface area contributed by atoms with Gasteiger partial charge >= 0.3 is 5.97 Å². The predicted molar refractivity (Wildman–Crippen MR) is 152 cm³/mol. The molecule has 0 aliphatic rings. The molecule has 0 unspecified atom stereocenters. The molecule has 212 valence electrons. The molecule has 0 aliphatic heterocycles. The lowest BCUT2D eigenvalue weighted by Crippen LogP contribution is -2.09. The van der Waals surface area contributed by atoms with Crippen molar-refractivity contribution >= 4 is 22.6 Å². The topological polar surface area (TPSA) is 136 Å². The number of unbranched alkanes of at least 4 members (excludes halogenated alkanes) is 1. The van der Waals surface area contributed by atoms with E-state index in [-0.39, 0.29) is 18.6 Å². The second kappa shape index (κ2) is 15.1. The normalized spacial score (nSPS) is 10.4. The third-order valence-corrected chi connectivity index (χ3v) is 6.30. The molecular formula is C31H28O9S. The van der Waals surface area contributed by atoms with Gasteiger partial charge in [0.15, 0.2) is 0 Å². The van der Waals surface area contributed by atoms with Crippen LogP contribution >= 0.6 is 0 Å². The van der Waals surface area contributed by atoms with Crippen molar-refractivity contribution in [3.05, 3.63) is 88.5 Å². The average Bonchev–Trinajstić information content (AvgIpc) is 2.94. The van der Waals surface area contributed by atoms with Crippen LogP contribution in [0.3, 0.4) is 0 Å². The van der Waals surface area contributed by atoms with Gasteiger partial charge in [0.05, 0.1) is 35.7 Å². The molecule has 0 heterocycles. The smallest absolute Gasteiger partial charge is 0.335 e. The first kappa shape index (κ1) is 30.8. The van der Waals surface area contributed by atoms with E-state index in [1.54, 1.807) is 48.5 Å². The average molecular weight is 577 g/mol. The van der Waals surface area contributed by atoms with E-state index in [0.29, 0.717) is 52.6 Å². The molecule has 0 spiro atoms. The molecule has 3 aromatic carbocycles. The van der Waals surface area contributed by atoms with E-state index < -0.39 is 21.8 Å². The molecule has 0 atom stereocenters. The van der Waals surface area contributed by atoms with Crippen LogP contribution in [-0.2, 0) is 14.9 Å². The fourth-order valence-electron chi connectivity index (χ4n) is 3.39. The zero-order valence-corrected chi connectivity index (χ0v) is 23.1. The maximum Gasteiger partial charge on any atom is 0.335 e. The second-order valence-electron chi connectivity index (χ2n) is 8.66. The standard InChI is InChI=1S/C31H28O9S/c1-2-3-17-38-29-20-27(13-7-23-5-11-25(12-6-23)31(33)34)30(39-18-4-19-41(35,36)37)21-26(29)14-8-24-9-15-28(16-10-24)40-22-32/h5-6,9-12,15-16,20-22H,2-4,17-19H2,1H3,(H,33,34)(H,35,36,37). The summed E-state index contributed by atoms with van der Waals surface area (Å²) < 4.78 is 48.0. The lowest BCUT2D eigenvalue weighted by Gasteiger charge is -2.13. The Labute approximate surface area is 238 Å². The highest BCUT2D eigenvalue weighted by atomic mass is 32.2. The van der Waals surface area contributed by atoms with Crippen molar-refractivity contribution in [1.29, 1.82) is 0 Å². The number of carbonyl (C=O) groups is 2. The molecule has 0 bridgehead atoms. The van der Waals surface area contributed by atoms with Gasteiger partial charge in [-0.1, -0.05) is 37.0 Å². The monoisotopic (exact) mass is 576 g/mol. The van der Waals surface area contributed by atoms with Gasteiger partial charge in [-0.25, -0.2) is 4.79 Å². The molecule has 0 amide bonds. The summed E-state index contributed by atoms with van der Waals surface area (Å²) in [5, 5.41) is 9.12. The minimum Gasteiger partial charge on any atom is -0.492 e. The molecule has 0 aromatic heterocycles. The quantitative estimate of drug-likeness (QED) is 0.138. The number of carboxylic acid groups (broad SMARTS) is 1. The van der Waals surface area contributed by atoms with Crippen molar-refractivity contribution in [2.45, 2.75) is 26.2 Å². The molecule has 10 heteroatoms. The Bertz CT molecular complexity index is 1590. The van der Waals surface area contributed by atoms with Crippen LogP contribution in [0.2, 0.25) is 0 Å². The Kier molecular flexibility index (Phi) is 11.4. The lowest BCUT2D eigenvalue weighted by atomic mass is 10.1. The van der Waals surface area contributed by atoms with Gasteiger partial charge in [0.1, 0.15) is 17.2 Å². The maximum atomic E-state index is 11.1. The molecule has 9 nitrogen and oxygen atoms in total. The largest absolute Gasteiger partial charge is 0.492 e. The number of rotatable bonds is 12. The van der Waals surface area contributed by atoms with Crippen LogP contribution in [0.1, 0.15) is 58.8 Å². The van der Waals surface area contributed by atoms with Crippen molar-refractivity contribution in [3.8, 4) is 40.9 Å². The molecule has 0 radical (unpaired) electrons. The van der Waals surface area contributed by atoms with E-state index in [4.69, 9.17) is 23.9 Å². The van der Waals surface area contributed by atoms with E-state index in [1.807, 2.05) is 6.92 Å². The highest BCUT2D eigenvalue weighted by Gasteiger charge is 2.12. The molecule has 41 heavy (non-hydrogen) atoms. The summed E-state index contributed by atoms with van der Waals surface area (Å²) in [6.07, 6.45) is 1.79. The maximum absolute atomic E-state index is 11.1. The summed E-state index contributed by atoms with van der Waals surface area (Å²) in [5.74, 6) is 11.8. The second-order valence-corrected chi connectivity index (χ2v) is 10.2. The van der Waals surface area contributed by atoms with E-state index in [9.17, 15) is 18.0 Å². The van der Waals surface area contributed by atoms with Crippen LogP contribution in [-0.4, -0.2) is 49.5 Å². The fourth-order valence-corrected chi connectivity index (χ4v) is 3.87. The van der Waals surface area contributed by atoms with Gasteiger partial charge in [0, 0.05) is 23.3 Å². The Morgan fingerprint density at radius 1 is 0.829 bits per heavy atom. The Hall–Kier alpha value is -4.77. The summed E-state index contributed by atoms with van der Waals surface area (Å²) in [7, 11) is -4.14. The van der Waals surface area contributed by atoms with Crippen LogP contribution < -0.4 is 14.2 Å². The predicted octanol–water partition coefficient (Wildman–Crippen LogP) is 4.56. The van der Waals surface area contributed by atoms with Crippen LogP contribution in [0.25, 0.3) is 0 Å². The summed E-state index contributed by atoms with van der Waals surface area (Å²) in [5.41, 5.74) is 2.33. The molecule has 3 aromatic rings. The van der Waals surface area contributed by atoms with E-state index in [0.717, 1.165) is 12.8 Å². The molecule has 0 saturated carbocycles. The summed E-state index contributed by atoms with van der Waals surface area (Å²) >= 11 is 0. The van der Waals surface area contributed by atoms with Gasteiger partial charge < -0.3 is 19.3 Å². The number of benzene rings is 3. The highest BCUT2D eigenvalue weighted by molar-refractivity contribution is 7.85. The molecule has 2 N–H and O–H groups in total. The molecule has 0 aliphatic carbocycles. The summed E-state index contributed by atoms with van der Waals surface area (Å²) in [6, 6.07) is 16.1. The summed E-state index contributed by atoms with van der Waals surface area (Å²) in [6.45, 7) is 2.82. The van der Waals surface area contributed by atoms with Gasteiger partial charge in [-0.3, -0.25) is 9.35 Å². The van der Waals surface area contributed by atoms with Crippen molar-refractivity contribution in [2.75, 3.05) is 19.0 Å². The number of carboxylic acids is 1. The zero-order valence-electron chi connectivity index (χ0n) is 22.3. The minimum atomic E-state index is -4.14. The van der Waals surface area contributed by atoms with Gasteiger partial charge in [0.2, 0.25) is 0 Å². The fraction of sp³-hybridized carbons (Fsp3) is 0.226. The van der Waals surface area contributed by atoms with E-state index in [1.165, 1.54) is 12.1 Å². The number of hydrogen-bond acceptors (Lipinski definition) is 7. The molecule has 0 fully saturated rings. The van der Waals surface area contributed by atoms with Crippen LogP contribution in [0.5, 0.6) is 17.2 Å². The Balaban J connectivity index is 2.00. The van der Waals surface area contributed by atoms with Crippen molar-refractivity contribution in [1.82, 2.24) is 0 Å². The minimum absolute atomic E-state index is 0.0110. The first-order valence-corrected chi connectivity index (χ1v) is 14.3. The van der Waals surface area contributed by atoms with Crippen molar-refractivity contribution in [3.63, 3.8) is 0 Å². The van der Waals surface area contributed by atoms with Gasteiger partial charge in [0.25, 0.3) is 16.6 Å². The van der Waals surface area contributed by atoms with Crippen LogP contribution in [0.4, 0.5) is 0 Å². The number of carbonyl (C=O) groups excluding carboxylic acids is 1. The number of aromatic carboxylic acids is 1.